The van der Waals surface area contributed by atoms with E-state index in [0.717, 1.165) is 0 Å². The Morgan fingerprint density at radius 2 is 2.57 bits per heavy atom. The fourth-order valence-corrected chi connectivity index (χ4v) is 1.25. The van der Waals surface area contributed by atoms with Gasteiger partial charge in [0.1, 0.15) is 0 Å². The average molecular weight is 201 g/mol. The number of ether oxygens (including phenoxy) is 2. The highest BCUT2D eigenvalue weighted by atomic mass is 16.5. The van der Waals surface area contributed by atoms with Gasteiger partial charge in [0.15, 0.2) is 0 Å². The molecule has 1 fully saturated rings. The van der Waals surface area contributed by atoms with Crippen molar-refractivity contribution in [3.8, 4) is 0 Å². The molecule has 0 saturated carbocycles. The first-order valence-corrected chi connectivity index (χ1v) is 4.48. The van der Waals surface area contributed by atoms with Crippen LogP contribution >= 0.6 is 0 Å². The summed E-state index contributed by atoms with van der Waals surface area (Å²) in [6.07, 6.45) is 2.98. The summed E-state index contributed by atoms with van der Waals surface area (Å²) in [6.45, 7) is 1.80. The summed E-state index contributed by atoms with van der Waals surface area (Å²) in [5.74, 6) is -0.395. The van der Waals surface area contributed by atoms with E-state index < -0.39 is 5.97 Å². The van der Waals surface area contributed by atoms with Crippen molar-refractivity contribution in [2.45, 2.75) is 6.04 Å². The van der Waals surface area contributed by atoms with Crippen LogP contribution in [-0.4, -0.2) is 55.5 Å². The molecule has 1 rings (SSSR count). The molecule has 5 heteroatoms. The molecule has 14 heavy (non-hydrogen) atoms. The highest BCUT2D eigenvalue weighted by Crippen LogP contribution is 2.06. The Labute approximate surface area is 82.9 Å². The molecule has 1 unspecified atom stereocenters. The first-order valence-electron chi connectivity index (χ1n) is 4.48. The van der Waals surface area contributed by atoms with Crippen LogP contribution in [0.3, 0.4) is 0 Å². The molecular formula is C9H15NO4. The molecule has 5 nitrogen and oxygen atoms in total. The summed E-state index contributed by atoms with van der Waals surface area (Å²) in [5, 5.41) is 9.01. The summed E-state index contributed by atoms with van der Waals surface area (Å²) >= 11 is 0. The molecule has 0 bridgehead atoms. The molecule has 0 aromatic heterocycles. The van der Waals surface area contributed by atoms with Gasteiger partial charge in [-0.1, -0.05) is 0 Å². The van der Waals surface area contributed by atoms with E-state index in [1.165, 1.54) is 13.2 Å². The monoisotopic (exact) mass is 201 g/mol. The lowest BCUT2D eigenvalue weighted by Crippen LogP contribution is -2.44. The summed E-state index contributed by atoms with van der Waals surface area (Å²) in [7, 11) is 1.33. The van der Waals surface area contributed by atoms with Crippen molar-refractivity contribution in [2.75, 3.05) is 33.5 Å². The van der Waals surface area contributed by atoms with Crippen LogP contribution in [0.25, 0.3) is 0 Å². The fraction of sp³-hybridized carbons (Fsp3) is 0.667. The Hall–Kier alpha value is -1.07. The minimum Gasteiger partial charge on any atom is -0.466 e. The predicted molar refractivity (Wildman–Crippen MR) is 49.6 cm³/mol. The third-order valence-electron chi connectivity index (χ3n) is 2.09. The van der Waals surface area contributed by atoms with Crippen LogP contribution in [0.2, 0.25) is 0 Å². The number of morpholine rings is 1. The van der Waals surface area contributed by atoms with E-state index in [9.17, 15) is 4.79 Å². The Bertz CT molecular complexity index is 217. The molecule has 0 amide bonds. The fourth-order valence-electron chi connectivity index (χ4n) is 1.25. The minimum absolute atomic E-state index is 0.0194. The third-order valence-corrected chi connectivity index (χ3v) is 2.09. The van der Waals surface area contributed by atoms with Crippen LogP contribution in [-0.2, 0) is 14.3 Å². The second-order valence-corrected chi connectivity index (χ2v) is 2.99. The molecule has 1 N–H and O–H groups in total. The Kier molecular flexibility index (Phi) is 4.42. The van der Waals surface area contributed by atoms with Crippen LogP contribution in [0, 0.1) is 0 Å². The topological polar surface area (TPSA) is 59.0 Å². The zero-order valence-corrected chi connectivity index (χ0v) is 8.18. The lowest BCUT2D eigenvalue weighted by Gasteiger charge is -2.33. The molecule has 1 atom stereocenters. The molecule has 1 aliphatic rings. The summed E-state index contributed by atoms with van der Waals surface area (Å²) in [5.41, 5.74) is 0. The highest BCUT2D eigenvalue weighted by Gasteiger charge is 2.18. The van der Waals surface area contributed by atoms with Gasteiger partial charge in [-0.2, -0.15) is 0 Å². The molecule has 0 aromatic rings. The van der Waals surface area contributed by atoms with E-state index in [-0.39, 0.29) is 12.6 Å². The van der Waals surface area contributed by atoms with E-state index in [4.69, 9.17) is 9.84 Å². The van der Waals surface area contributed by atoms with Crippen molar-refractivity contribution in [2.24, 2.45) is 0 Å². The highest BCUT2D eigenvalue weighted by molar-refractivity contribution is 5.81. The van der Waals surface area contributed by atoms with Crippen LogP contribution in [0.15, 0.2) is 12.3 Å². The van der Waals surface area contributed by atoms with Gasteiger partial charge >= 0.3 is 5.97 Å². The van der Waals surface area contributed by atoms with Crippen LogP contribution in [0.5, 0.6) is 0 Å². The standard InChI is InChI=1S/C9H15NO4/c1-13-9(12)2-3-10-4-5-14-7-8(10)6-11/h2-3,8,11H,4-7H2,1H3/b3-2+. The smallest absolute Gasteiger partial charge is 0.331 e. The Morgan fingerprint density at radius 3 is 3.21 bits per heavy atom. The van der Waals surface area contributed by atoms with Crippen LogP contribution < -0.4 is 0 Å². The number of rotatable bonds is 3. The maximum atomic E-state index is 10.8. The van der Waals surface area contributed by atoms with Crippen molar-refractivity contribution in [1.29, 1.82) is 0 Å². The SMILES string of the molecule is COC(=O)/C=C/N1CCOCC1CO. The van der Waals surface area contributed by atoms with Gasteiger partial charge < -0.3 is 19.5 Å². The second kappa shape index (κ2) is 5.62. The molecule has 0 aliphatic carbocycles. The average Bonchev–Trinajstić information content (AvgIpc) is 2.26. The Balaban J connectivity index is 2.47. The van der Waals surface area contributed by atoms with E-state index in [1.807, 2.05) is 4.90 Å². The van der Waals surface area contributed by atoms with E-state index >= 15 is 0 Å². The van der Waals surface area contributed by atoms with Crippen LogP contribution in [0.1, 0.15) is 0 Å². The zero-order valence-electron chi connectivity index (χ0n) is 8.18. The van der Waals surface area contributed by atoms with Crippen molar-refractivity contribution < 1.29 is 19.4 Å². The number of nitrogens with zero attached hydrogens (tertiary/aromatic N) is 1. The second-order valence-electron chi connectivity index (χ2n) is 2.99. The lowest BCUT2D eigenvalue weighted by atomic mass is 10.2. The predicted octanol–water partition coefficient (Wildman–Crippen LogP) is -0.634. The molecule has 1 aliphatic heterocycles. The number of hydrogen-bond donors (Lipinski definition) is 1. The molecule has 0 radical (unpaired) electrons. The number of aliphatic hydroxyl groups is 1. The van der Waals surface area contributed by atoms with Crippen molar-refractivity contribution in [1.82, 2.24) is 4.90 Å². The number of aliphatic hydroxyl groups excluding tert-OH is 1. The number of carbonyl (C=O) groups excluding carboxylic acids is 1. The van der Waals surface area contributed by atoms with Gasteiger partial charge in [0.05, 0.1) is 33.0 Å². The van der Waals surface area contributed by atoms with Crippen LogP contribution in [0.4, 0.5) is 0 Å². The van der Waals surface area contributed by atoms with Crippen molar-refractivity contribution in [3.05, 3.63) is 12.3 Å². The zero-order chi connectivity index (χ0) is 10.4. The summed E-state index contributed by atoms with van der Waals surface area (Å²) < 4.78 is 9.65. The van der Waals surface area contributed by atoms with Gasteiger partial charge in [0.25, 0.3) is 0 Å². The van der Waals surface area contributed by atoms with Gasteiger partial charge in [-0.15, -0.1) is 0 Å². The number of hydrogen-bond acceptors (Lipinski definition) is 5. The Morgan fingerprint density at radius 1 is 1.79 bits per heavy atom. The molecular weight excluding hydrogens is 186 g/mol. The number of methoxy groups -OCH3 is 1. The maximum Gasteiger partial charge on any atom is 0.331 e. The number of esters is 1. The van der Waals surface area contributed by atoms with Gasteiger partial charge in [-0.3, -0.25) is 0 Å². The number of carbonyl (C=O) groups is 1. The van der Waals surface area contributed by atoms with E-state index in [2.05, 4.69) is 4.74 Å². The van der Waals surface area contributed by atoms with Gasteiger partial charge in [-0.05, 0) is 0 Å². The normalized spacial score (nSPS) is 22.7. The minimum atomic E-state index is -0.395. The molecule has 1 saturated heterocycles. The molecule has 0 spiro atoms. The first-order chi connectivity index (χ1) is 6.77. The van der Waals surface area contributed by atoms with Gasteiger partial charge in [0, 0.05) is 18.8 Å². The van der Waals surface area contributed by atoms with Crippen molar-refractivity contribution >= 4 is 5.97 Å². The largest absolute Gasteiger partial charge is 0.466 e. The summed E-state index contributed by atoms with van der Waals surface area (Å²) in [4.78, 5) is 12.7. The molecule has 1 heterocycles. The molecule has 0 aromatic carbocycles. The van der Waals surface area contributed by atoms with E-state index in [1.54, 1.807) is 6.20 Å². The quantitative estimate of drug-likeness (QED) is 0.486. The van der Waals surface area contributed by atoms with Gasteiger partial charge in [-0.25, -0.2) is 4.79 Å². The maximum absolute atomic E-state index is 10.8. The third kappa shape index (κ3) is 3.01. The first kappa shape index (κ1) is 11.0. The lowest BCUT2D eigenvalue weighted by molar-refractivity contribution is -0.135. The van der Waals surface area contributed by atoms with Gasteiger partial charge in [0.2, 0.25) is 0 Å². The van der Waals surface area contributed by atoms with Crippen molar-refractivity contribution in [3.63, 3.8) is 0 Å². The summed E-state index contributed by atoms with van der Waals surface area (Å²) in [6, 6.07) is -0.0651. The molecule has 80 valence electrons. The van der Waals surface area contributed by atoms with E-state index in [0.29, 0.717) is 19.8 Å².